The van der Waals surface area contributed by atoms with Crippen LogP contribution in [0.15, 0.2) is 36.7 Å². The predicted octanol–water partition coefficient (Wildman–Crippen LogP) is 3.82. The second-order valence-electron chi connectivity index (χ2n) is 6.15. The molecule has 0 bridgehead atoms. The molecule has 0 aliphatic carbocycles. The smallest absolute Gasteiger partial charge is 0.165 e. The average Bonchev–Trinajstić information content (AvgIpc) is 2.86. The molecule has 0 aliphatic heterocycles. The standard InChI is InChI=1S/C17H22N2O/c1-5-16(20)14-10-18-19(12-14)11-13-6-8-15(9-7-13)17(2,3)4/h6-10,12H,5,11H2,1-4H3. The topological polar surface area (TPSA) is 34.9 Å². The van der Waals surface area contributed by atoms with E-state index in [1.807, 2.05) is 17.8 Å². The average molecular weight is 270 g/mol. The van der Waals surface area contributed by atoms with Gasteiger partial charge in [0.15, 0.2) is 5.78 Å². The van der Waals surface area contributed by atoms with Gasteiger partial charge in [-0.05, 0) is 16.5 Å². The zero-order valence-electron chi connectivity index (χ0n) is 12.7. The number of ketones is 1. The van der Waals surface area contributed by atoms with Crippen molar-refractivity contribution in [1.29, 1.82) is 0 Å². The van der Waals surface area contributed by atoms with Crippen LogP contribution in [0.1, 0.15) is 55.6 Å². The van der Waals surface area contributed by atoms with Crippen LogP contribution in [0.4, 0.5) is 0 Å². The van der Waals surface area contributed by atoms with Crippen molar-refractivity contribution in [3.63, 3.8) is 0 Å². The minimum atomic E-state index is 0.138. The van der Waals surface area contributed by atoms with E-state index in [9.17, 15) is 4.79 Å². The zero-order valence-corrected chi connectivity index (χ0v) is 12.7. The van der Waals surface area contributed by atoms with Crippen LogP contribution in [0.25, 0.3) is 0 Å². The van der Waals surface area contributed by atoms with Crippen molar-refractivity contribution in [3.8, 4) is 0 Å². The van der Waals surface area contributed by atoms with Gasteiger partial charge >= 0.3 is 0 Å². The summed E-state index contributed by atoms with van der Waals surface area (Å²) < 4.78 is 1.81. The summed E-state index contributed by atoms with van der Waals surface area (Å²) in [5.74, 6) is 0.138. The second-order valence-corrected chi connectivity index (χ2v) is 6.15. The Balaban J connectivity index is 2.10. The molecule has 0 saturated heterocycles. The number of rotatable bonds is 4. The molecule has 0 N–H and O–H groups in total. The molecule has 2 aromatic rings. The van der Waals surface area contributed by atoms with Gasteiger partial charge in [0, 0.05) is 12.6 Å². The Bertz CT molecular complexity index is 588. The molecule has 106 valence electrons. The summed E-state index contributed by atoms with van der Waals surface area (Å²) in [7, 11) is 0. The van der Waals surface area contributed by atoms with Crippen molar-refractivity contribution >= 4 is 5.78 Å². The molecule has 0 aliphatic rings. The lowest BCUT2D eigenvalue weighted by atomic mass is 9.87. The molecule has 2 rings (SSSR count). The third-order valence-electron chi connectivity index (χ3n) is 3.44. The zero-order chi connectivity index (χ0) is 14.8. The molecule has 0 atom stereocenters. The quantitative estimate of drug-likeness (QED) is 0.792. The maximum absolute atomic E-state index is 11.6. The lowest BCUT2D eigenvalue weighted by Gasteiger charge is -2.19. The predicted molar refractivity (Wildman–Crippen MR) is 81.1 cm³/mol. The number of nitrogens with zero attached hydrogens (tertiary/aromatic N) is 2. The van der Waals surface area contributed by atoms with Crippen LogP contribution in [0.3, 0.4) is 0 Å². The fourth-order valence-corrected chi connectivity index (χ4v) is 2.10. The lowest BCUT2D eigenvalue weighted by molar-refractivity contribution is 0.0988. The normalized spacial score (nSPS) is 11.6. The molecule has 0 saturated carbocycles. The minimum Gasteiger partial charge on any atom is -0.294 e. The molecule has 0 radical (unpaired) electrons. The van der Waals surface area contributed by atoms with Gasteiger partial charge in [0.2, 0.25) is 0 Å². The number of hydrogen-bond acceptors (Lipinski definition) is 2. The SMILES string of the molecule is CCC(=O)c1cnn(Cc2ccc(C(C)(C)C)cc2)c1. The molecule has 1 aromatic carbocycles. The Morgan fingerprint density at radius 1 is 1.20 bits per heavy atom. The Labute approximate surface area is 120 Å². The Kier molecular flexibility index (Phi) is 4.07. The molecule has 0 fully saturated rings. The third kappa shape index (κ3) is 3.35. The highest BCUT2D eigenvalue weighted by Crippen LogP contribution is 2.22. The van der Waals surface area contributed by atoms with Gasteiger partial charge in [-0.15, -0.1) is 0 Å². The number of Topliss-reactive ketones (excluding diaryl/α,β-unsaturated/α-hetero) is 1. The first-order chi connectivity index (χ1) is 9.40. The monoisotopic (exact) mass is 270 g/mol. The lowest BCUT2D eigenvalue weighted by Crippen LogP contribution is -2.11. The number of hydrogen-bond donors (Lipinski definition) is 0. The van der Waals surface area contributed by atoms with E-state index in [-0.39, 0.29) is 11.2 Å². The van der Waals surface area contributed by atoms with Gasteiger partial charge in [-0.1, -0.05) is 52.0 Å². The van der Waals surface area contributed by atoms with E-state index in [1.54, 1.807) is 6.20 Å². The molecule has 20 heavy (non-hydrogen) atoms. The van der Waals surface area contributed by atoms with E-state index in [0.29, 0.717) is 18.5 Å². The van der Waals surface area contributed by atoms with E-state index in [4.69, 9.17) is 0 Å². The first-order valence-electron chi connectivity index (χ1n) is 7.05. The van der Waals surface area contributed by atoms with Gasteiger partial charge in [0.1, 0.15) is 0 Å². The fourth-order valence-electron chi connectivity index (χ4n) is 2.10. The molecule has 3 nitrogen and oxygen atoms in total. The van der Waals surface area contributed by atoms with Crippen molar-refractivity contribution in [1.82, 2.24) is 9.78 Å². The van der Waals surface area contributed by atoms with E-state index < -0.39 is 0 Å². The Morgan fingerprint density at radius 3 is 2.40 bits per heavy atom. The van der Waals surface area contributed by atoms with E-state index in [1.165, 1.54) is 11.1 Å². The van der Waals surface area contributed by atoms with E-state index in [2.05, 4.69) is 50.1 Å². The maximum atomic E-state index is 11.6. The van der Waals surface area contributed by atoms with Gasteiger partial charge in [-0.25, -0.2) is 0 Å². The summed E-state index contributed by atoms with van der Waals surface area (Å²) in [5, 5.41) is 4.25. The molecular formula is C17H22N2O. The van der Waals surface area contributed by atoms with Crippen molar-refractivity contribution in [2.45, 2.75) is 46.1 Å². The third-order valence-corrected chi connectivity index (χ3v) is 3.44. The van der Waals surface area contributed by atoms with Gasteiger partial charge in [-0.3, -0.25) is 9.48 Å². The maximum Gasteiger partial charge on any atom is 0.165 e. The highest BCUT2D eigenvalue weighted by Gasteiger charge is 2.13. The Morgan fingerprint density at radius 2 is 1.85 bits per heavy atom. The summed E-state index contributed by atoms with van der Waals surface area (Å²) in [4.78, 5) is 11.6. The van der Waals surface area contributed by atoms with Crippen molar-refractivity contribution in [2.24, 2.45) is 0 Å². The summed E-state index contributed by atoms with van der Waals surface area (Å²) in [5.41, 5.74) is 3.38. The van der Waals surface area contributed by atoms with Crippen molar-refractivity contribution in [2.75, 3.05) is 0 Å². The summed E-state index contributed by atoms with van der Waals surface area (Å²) in [6.45, 7) is 9.18. The van der Waals surface area contributed by atoms with Crippen LogP contribution in [0.2, 0.25) is 0 Å². The summed E-state index contributed by atoms with van der Waals surface area (Å²) >= 11 is 0. The molecule has 0 unspecified atom stereocenters. The van der Waals surface area contributed by atoms with Crippen LogP contribution < -0.4 is 0 Å². The van der Waals surface area contributed by atoms with Crippen LogP contribution in [-0.2, 0) is 12.0 Å². The van der Waals surface area contributed by atoms with Gasteiger partial charge in [0.05, 0.1) is 18.3 Å². The fraction of sp³-hybridized carbons (Fsp3) is 0.412. The largest absolute Gasteiger partial charge is 0.294 e. The highest BCUT2D eigenvalue weighted by atomic mass is 16.1. The summed E-state index contributed by atoms with van der Waals surface area (Å²) in [6, 6.07) is 8.58. The second kappa shape index (κ2) is 5.61. The summed E-state index contributed by atoms with van der Waals surface area (Å²) in [6.07, 6.45) is 3.99. The molecule has 3 heteroatoms. The van der Waals surface area contributed by atoms with Gasteiger partial charge < -0.3 is 0 Å². The van der Waals surface area contributed by atoms with Crippen molar-refractivity contribution in [3.05, 3.63) is 53.3 Å². The molecule has 1 aromatic heterocycles. The Hall–Kier alpha value is -1.90. The minimum absolute atomic E-state index is 0.138. The van der Waals surface area contributed by atoms with E-state index >= 15 is 0 Å². The molecule has 0 spiro atoms. The van der Waals surface area contributed by atoms with Crippen LogP contribution in [-0.4, -0.2) is 15.6 Å². The number of benzene rings is 1. The van der Waals surface area contributed by atoms with Crippen molar-refractivity contribution < 1.29 is 4.79 Å². The van der Waals surface area contributed by atoms with Gasteiger partial charge in [-0.2, -0.15) is 5.10 Å². The van der Waals surface area contributed by atoms with Crippen LogP contribution >= 0.6 is 0 Å². The number of carbonyl (C=O) groups excluding carboxylic acids is 1. The first kappa shape index (κ1) is 14.5. The van der Waals surface area contributed by atoms with E-state index in [0.717, 1.165) is 0 Å². The first-order valence-corrected chi connectivity index (χ1v) is 7.05. The molecule has 0 amide bonds. The molecular weight excluding hydrogens is 248 g/mol. The van der Waals surface area contributed by atoms with Crippen LogP contribution in [0.5, 0.6) is 0 Å². The number of carbonyl (C=O) groups is 1. The van der Waals surface area contributed by atoms with Crippen LogP contribution in [0, 0.1) is 0 Å². The highest BCUT2D eigenvalue weighted by molar-refractivity contribution is 5.95. The molecule has 1 heterocycles. The number of aromatic nitrogens is 2. The van der Waals surface area contributed by atoms with Gasteiger partial charge in [0.25, 0.3) is 0 Å².